The van der Waals surface area contributed by atoms with Gasteiger partial charge in [0.05, 0.1) is 0 Å². The Morgan fingerprint density at radius 3 is 2.41 bits per heavy atom. The molecule has 0 bridgehead atoms. The van der Waals surface area contributed by atoms with Crippen LogP contribution >= 0.6 is 0 Å². The normalized spacial score (nSPS) is 18.7. The Morgan fingerprint density at radius 2 is 1.68 bits per heavy atom. The lowest BCUT2D eigenvalue weighted by Gasteiger charge is -2.22. The summed E-state index contributed by atoms with van der Waals surface area (Å²) in [5.74, 6) is 0. The maximum absolute atomic E-state index is 11.8. The molecule has 0 unspecified atom stereocenters. The molecule has 1 aromatic carbocycles. The first-order valence-corrected chi connectivity index (χ1v) is 7.76. The van der Waals surface area contributed by atoms with Crippen LogP contribution in [-0.4, -0.2) is 9.38 Å². The molecule has 0 aliphatic heterocycles. The van der Waals surface area contributed by atoms with E-state index in [2.05, 4.69) is 55.3 Å². The van der Waals surface area contributed by atoms with Crippen molar-refractivity contribution >= 4 is 16.4 Å². The van der Waals surface area contributed by atoms with Crippen LogP contribution in [0.1, 0.15) is 45.4 Å². The third kappa shape index (κ3) is 1.62. The van der Waals surface area contributed by atoms with Crippen molar-refractivity contribution in [1.29, 1.82) is 0 Å². The zero-order valence-corrected chi connectivity index (χ0v) is 13.5. The predicted molar refractivity (Wildman–Crippen MR) is 89.6 cm³/mol. The van der Waals surface area contributed by atoms with Crippen molar-refractivity contribution < 1.29 is 0 Å². The Hall–Kier alpha value is -2.16. The van der Waals surface area contributed by atoms with Gasteiger partial charge in [-0.05, 0) is 22.8 Å². The molecule has 4 rings (SSSR count). The van der Waals surface area contributed by atoms with Crippen molar-refractivity contribution in [1.82, 2.24) is 9.38 Å². The fraction of sp³-hybridized carbons (Fsp3) is 0.368. The van der Waals surface area contributed by atoms with Gasteiger partial charge in [-0.2, -0.15) is 4.98 Å². The van der Waals surface area contributed by atoms with Crippen LogP contribution in [0.4, 0.5) is 0 Å². The van der Waals surface area contributed by atoms with Crippen LogP contribution in [0.25, 0.3) is 16.4 Å². The molecule has 0 atom stereocenters. The van der Waals surface area contributed by atoms with Crippen molar-refractivity contribution in [3.63, 3.8) is 0 Å². The Morgan fingerprint density at radius 1 is 1.00 bits per heavy atom. The van der Waals surface area contributed by atoms with Gasteiger partial charge in [0.2, 0.25) is 0 Å². The van der Waals surface area contributed by atoms with Crippen LogP contribution in [0.5, 0.6) is 0 Å². The third-order valence-corrected chi connectivity index (χ3v) is 4.93. The average Bonchev–Trinajstić information content (AvgIpc) is 2.64. The van der Waals surface area contributed by atoms with E-state index in [0.717, 1.165) is 17.5 Å². The summed E-state index contributed by atoms with van der Waals surface area (Å²) in [6.07, 6.45) is 2.98. The monoisotopic (exact) mass is 292 g/mol. The highest BCUT2D eigenvalue weighted by Crippen LogP contribution is 2.51. The standard InChI is InChI=1S/C19H20N2O/c1-18(2)11-19(3,4)16-15(18)12-7-5-6-8-13(12)17-20-14(22)9-10-21(16)17/h5-10H,11H2,1-4H3. The van der Waals surface area contributed by atoms with E-state index >= 15 is 0 Å². The van der Waals surface area contributed by atoms with Crippen molar-refractivity contribution in [2.24, 2.45) is 0 Å². The molecule has 3 heteroatoms. The highest BCUT2D eigenvalue weighted by atomic mass is 16.1. The molecule has 3 nitrogen and oxygen atoms in total. The minimum Gasteiger partial charge on any atom is -0.304 e. The first-order chi connectivity index (χ1) is 10.3. The van der Waals surface area contributed by atoms with Gasteiger partial charge in [0.15, 0.2) is 0 Å². The molecular weight excluding hydrogens is 272 g/mol. The largest absolute Gasteiger partial charge is 0.304 e. The van der Waals surface area contributed by atoms with Crippen LogP contribution in [0.15, 0.2) is 41.3 Å². The molecule has 0 amide bonds. The Kier molecular flexibility index (Phi) is 2.44. The Bertz CT molecular complexity index is 980. The number of pyridine rings is 1. The van der Waals surface area contributed by atoms with E-state index in [-0.39, 0.29) is 16.4 Å². The van der Waals surface area contributed by atoms with E-state index < -0.39 is 0 Å². The van der Waals surface area contributed by atoms with Crippen LogP contribution in [0.2, 0.25) is 0 Å². The maximum Gasteiger partial charge on any atom is 0.273 e. The molecule has 0 fully saturated rings. The SMILES string of the molecule is CC1(C)CC(C)(C)c2c1c1ccccc1c1nc(=O)ccn21. The molecule has 2 aromatic heterocycles. The number of fused-ring (bicyclic) bond motifs is 6. The second-order valence-corrected chi connectivity index (χ2v) is 7.67. The maximum atomic E-state index is 11.8. The molecule has 0 saturated carbocycles. The molecular formula is C19H20N2O. The van der Waals surface area contributed by atoms with Crippen molar-refractivity contribution in [2.75, 3.05) is 0 Å². The number of aromatic nitrogens is 2. The fourth-order valence-electron chi connectivity index (χ4n) is 4.55. The van der Waals surface area contributed by atoms with Crippen LogP contribution in [0, 0.1) is 0 Å². The Balaban J connectivity index is 2.36. The van der Waals surface area contributed by atoms with Crippen molar-refractivity contribution in [2.45, 2.75) is 44.9 Å². The number of rotatable bonds is 0. The molecule has 22 heavy (non-hydrogen) atoms. The third-order valence-electron chi connectivity index (χ3n) is 4.93. The number of nitrogens with zero attached hydrogens (tertiary/aromatic N) is 2. The highest BCUT2D eigenvalue weighted by Gasteiger charge is 2.44. The minimum absolute atomic E-state index is 0.0534. The summed E-state index contributed by atoms with van der Waals surface area (Å²) in [6.45, 7) is 9.20. The smallest absolute Gasteiger partial charge is 0.273 e. The summed E-state index contributed by atoms with van der Waals surface area (Å²) in [4.78, 5) is 16.1. The molecule has 1 aliphatic carbocycles. The van der Waals surface area contributed by atoms with Gasteiger partial charge in [0, 0.05) is 28.8 Å². The molecule has 0 saturated heterocycles. The fourth-order valence-corrected chi connectivity index (χ4v) is 4.55. The first kappa shape index (κ1) is 13.5. The summed E-state index contributed by atoms with van der Waals surface area (Å²) in [5.41, 5.74) is 3.44. The number of benzene rings is 1. The lowest BCUT2D eigenvalue weighted by molar-refractivity contribution is 0.398. The van der Waals surface area contributed by atoms with Gasteiger partial charge in [-0.15, -0.1) is 0 Å². The predicted octanol–water partition coefficient (Wildman–Crippen LogP) is 3.81. The van der Waals surface area contributed by atoms with E-state index in [1.807, 2.05) is 12.3 Å². The quantitative estimate of drug-likeness (QED) is 0.591. The van der Waals surface area contributed by atoms with E-state index in [9.17, 15) is 4.79 Å². The lowest BCUT2D eigenvalue weighted by Crippen LogP contribution is -2.20. The molecule has 3 aromatic rings. The molecule has 0 spiro atoms. The molecule has 0 radical (unpaired) electrons. The van der Waals surface area contributed by atoms with Gasteiger partial charge >= 0.3 is 0 Å². The minimum atomic E-state index is -0.180. The summed E-state index contributed by atoms with van der Waals surface area (Å²) in [5, 5.41) is 2.29. The van der Waals surface area contributed by atoms with Gasteiger partial charge in [-0.1, -0.05) is 52.0 Å². The Labute approximate surface area is 129 Å². The van der Waals surface area contributed by atoms with Gasteiger partial charge in [-0.25, -0.2) is 0 Å². The topological polar surface area (TPSA) is 34.4 Å². The van der Waals surface area contributed by atoms with Gasteiger partial charge in [-0.3, -0.25) is 4.79 Å². The van der Waals surface area contributed by atoms with Crippen LogP contribution in [0.3, 0.4) is 0 Å². The van der Waals surface area contributed by atoms with Crippen molar-refractivity contribution in [3.8, 4) is 0 Å². The summed E-state index contributed by atoms with van der Waals surface area (Å²) in [6, 6.07) is 9.88. The molecule has 1 aliphatic rings. The van der Waals surface area contributed by atoms with Crippen molar-refractivity contribution in [3.05, 3.63) is 58.1 Å². The van der Waals surface area contributed by atoms with E-state index in [1.54, 1.807) is 6.07 Å². The van der Waals surface area contributed by atoms with Gasteiger partial charge < -0.3 is 4.40 Å². The zero-order valence-electron chi connectivity index (χ0n) is 13.5. The first-order valence-electron chi connectivity index (χ1n) is 7.76. The average molecular weight is 292 g/mol. The van der Waals surface area contributed by atoms with E-state index in [4.69, 9.17) is 0 Å². The number of hydrogen-bond acceptors (Lipinski definition) is 2. The van der Waals surface area contributed by atoms with E-state index in [0.29, 0.717) is 0 Å². The van der Waals surface area contributed by atoms with Crippen LogP contribution < -0.4 is 5.56 Å². The van der Waals surface area contributed by atoms with Gasteiger partial charge in [0.25, 0.3) is 5.56 Å². The molecule has 2 heterocycles. The van der Waals surface area contributed by atoms with Crippen LogP contribution in [-0.2, 0) is 10.8 Å². The van der Waals surface area contributed by atoms with E-state index in [1.165, 1.54) is 16.6 Å². The second kappa shape index (κ2) is 3.97. The lowest BCUT2D eigenvalue weighted by atomic mass is 9.81. The summed E-state index contributed by atoms with van der Waals surface area (Å²) < 4.78 is 2.13. The zero-order chi connectivity index (χ0) is 15.7. The highest BCUT2D eigenvalue weighted by molar-refractivity contribution is 5.98. The summed E-state index contributed by atoms with van der Waals surface area (Å²) >= 11 is 0. The summed E-state index contributed by atoms with van der Waals surface area (Å²) in [7, 11) is 0. The molecule has 0 N–H and O–H groups in total. The second-order valence-electron chi connectivity index (χ2n) is 7.67. The van der Waals surface area contributed by atoms with Gasteiger partial charge in [0.1, 0.15) is 5.65 Å². The molecule has 112 valence electrons. The number of hydrogen-bond donors (Lipinski definition) is 0.